The summed E-state index contributed by atoms with van der Waals surface area (Å²) in [4.78, 5) is 14.0. The summed E-state index contributed by atoms with van der Waals surface area (Å²) >= 11 is 0. The van der Waals surface area contributed by atoms with Gasteiger partial charge in [0.25, 0.3) is 0 Å². The summed E-state index contributed by atoms with van der Waals surface area (Å²) in [6.07, 6.45) is 0. The van der Waals surface area contributed by atoms with E-state index in [1.165, 1.54) is 0 Å². The second-order valence-corrected chi connectivity index (χ2v) is 4.39. The SMILES string of the molecule is Cc1ccccc1NC(=O)CN1CCNCC1. The second kappa shape index (κ2) is 5.80. The van der Waals surface area contributed by atoms with Crippen molar-refractivity contribution in [3.05, 3.63) is 29.8 Å². The Labute approximate surface area is 102 Å². The number of nitrogens with zero attached hydrogens (tertiary/aromatic N) is 1. The first-order valence-corrected chi connectivity index (χ1v) is 6.04. The molecule has 0 unspecified atom stereocenters. The number of rotatable bonds is 3. The Kier molecular flexibility index (Phi) is 4.12. The first kappa shape index (κ1) is 12.1. The highest BCUT2D eigenvalue weighted by Gasteiger charge is 2.13. The minimum absolute atomic E-state index is 0.0706. The van der Waals surface area contributed by atoms with Gasteiger partial charge in [-0.1, -0.05) is 18.2 Å². The first-order valence-electron chi connectivity index (χ1n) is 6.04. The number of benzene rings is 1. The summed E-state index contributed by atoms with van der Waals surface area (Å²) in [5.74, 6) is 0.0706. The molecule has 0 aliphatic carbocycles. The lowest BCUT2D eigenvalue weighted by atomic mass is 10.2. The number of amides is 1. The maximum absolute atomic E-state index is 11.9. The van der Waals surface area contributed by atoms with Gasteiger partial charge in [-0.05, 0) is 18.6 Å². The zero-order valence-corrected chi connectivity index (χ0v) is 10.2. The topological polar surface area (TPSA) is 44.4 Å². The number of aryl methyl sites for hydroxylation is 1. The fraction of sp³-hybridized carbons (Fsp3) is 0.462. The van der Waals surface area contributed by atoms with E-state index >= 15 is 0 Å². The molecule has 1 fully saturated rings. The summed E-state index contributed by atoms with van der Waals surface area (Å²) in [6.45, 7) is 6.31. The molecule has 1 aromatic rings. The molecule has 0 aromatic heterocycles. The molecule has 2 rings (SSSR count). The van der Waals surface area contributed by atoms with Crippen LogP contribution in [-0.4, -0.2) is 43.5 Å². The maximum atomic E-state index is 11.9. The largest absolute Gasteiger partial charge is 0.325 e. The predicted octanol–water partition coefficient (Wildman–Crippen LogP) is 0.839. The molecule has 92 valence electrons. The van der Waals surface area contributed by atoms with E-state index in [-0.39, 0.29) is 5.91 Å². The van der Waals surface area contributed by atoms with E-state index in [1.807, 2.05) is 31.2 Å². The molecular formula is C13H19N3O. The van der Waals surface area contributed by atoms with Crippen molar-refractivity contribution < 1.29 is 4.79 Å². The van der Waals surface area contributed by atoms with E-state index in [0.29, 0.717) is 6.54 Å². The molecule has 0 atom stereocenters. The average molecular weight is 233 g/mol. The van der Waals surface area contributed by atoms with Crippen molar-refractivity contribution in [2.24, 2.45) is 0 Å². The van der Waals surface area contributed by atoms with E-state index in [9.17, 15) is 4.79 Å². The number of para-hydroxylation sites is 1. The van der Waals surface area contributed by atoms with Crippen LogP contribution in [0.4, 0.5) is 5.69 Å². The fourth-order valence-electron chi connectivity index (χ4n) is 1.98. The molecular weight excluding hydrogens is 214 g/mol. The van der Waals surface area contributed by atoms with Gasteiger partial charge in [-0.2, -0.15) is 0 Å². The van der Waals surface area contributed by atoms with E-state index < -0.39 is 0 Å². The highest BCUT2D eigenvalue weighted by atomic mass is 16.2. The molecule has 2 N–H and O–H groups in total. The normalized spacial score (nSPS) is 16.8. The number of carbonyl (C=O) groups is 1. The zero-order valence-electron chi connectivity index (χ0n) is 10.2. The molecule has 4 nitrogen and oxygen atoms in total. The zero-order chi connectivity index (χ0) is 12.1. The number of piperazine rings is 1. The number of anilines is 1. The number of carbonyl (C=O) groups excluding carboxylic acids is 1. The molecule has 0 bridgehead atoms. The van der Waals surface area contributed by atoms with Gasteiger partial charge in [-0.15, -0.1) is 0 Å². The van der Waals surface area contributed by atoms with Crippen molar-refractivity contribution in [2.45, 2.75) is 6.92 Å². The van der Waals surface area contributed by atoms with Gasteiger partial charge in [-0.25, -0.2) is 0 Å². The smallest absolute Gasteiger partial charge is 0.238 e. The molecule has 1 aromatic carbocycles. The van der Waals surface area contributed by atoms with Crippen molar-refractivity contribution >= 4 is 11.6 Å². The Balaban J connectivity index is 1.86. The fourth-order valence-corrected chi connectivity index (χ4v) is 1.98. The van der Waals surface area contributed by atoms with Crippen LogP contribution in [0.2, 0.25) is 0 Å². The van der Waals surface area contributed by atoms with Gasteiger partial charge in [0, 0.05) is 31.9 Å². The van der Waals surface area contributed by atoms with Crippen LogP contribution in [0.5, 0.6) is 0 Å². The van der Waals surface area contributed by atoms with Crippen molar-refractivity contribution in [1.29, 1.82) is 0 Å². The number of nitrogens with one attached hydrogen (secondary N) is 2. The second-order valence-electron chi connectivity index (χ2n) is 4.39. The lowest BCUT2D eigenvalue weighted by Gasteiger charge is -2.26. The van der Waals surface area contributed by atoms with E-state index in [0.717, 1.165) is 37.4 Å². The molecule has 1 aliphatic heterocycles. The monoisotopic (exact) mass is 233 g/mol. The third-order valence-electron chi connectivity index (χ3n) is 3.00. The Hall–Kier alpha value is -1.39. The van der Waals surface area contributed by atoms with Crippen LogP contribution < -0.4 is 10.6 Å². The van der Waals surface area contributed by atoms with Crippen LogP contribution >= 0.6 is 0 Å². The molecule has 17 heavy (non-hydrogen) atoms. The molecule has 4 heteroatoms. The highest BCUT2D eigenvalue weighted by molar-refractivity contribution is 5.92. The van der Waals surface area contributed by atoms with E-state index in [1.54, 1.807) is 0 Å². The lowest BCUT2D eigenvalue weighted by molar-refractivity contribution is -0.117. The van der Waals surface area contributed by atoms with Crippen LogP contribution in [0.15, 0.2) is 24.3 Å². The Bertz CT molecular complexity index is 386. The first-order chi connectivity index (χ1) is 8.25. The summed E-state index contributed by atoms with van der Waals surface area (Å²) in [6, 6.07) is 7.85. The summed E-state index contributed by atoms with van der Waals surface area (Å²) in [5, 5.41) is 6.23. The molecule has 1 aliphatic rings. The van der Waals surface area contributed by atoms with E-state index in [4.69, 9.17) is 0 Å². The highest BCUT2D eigenvalue weighted by Crippen LogP contribution is 2.12. The van der Waals surface area contributed by atoms with Crippen molar-refractivity contribution in [1.82, 2.24) is 10.2 Å². The molecule has 0 radical (unpaired) electrons. The maximum Gasteiger partial charge on any atom is 0.238 e. The van der Waals surface area contributed by atoms with Crippen LogP contribution in [0.3, 0.4) is 0 Å². The quantitative estimate of drug-likeness (QED) is 0.813. The van der Waals surface area contributed by atoms with Crippen molar-refractivity contribution in [2.75, 3.05) is 38.0 Å². The molecule has 1 amide bonds. The summed E-state index contributed by atoms with van der Waals surface area (Å²) in [5.41, 5.74) is 2.01. The molecule has 1 saturated heterocycles. The van der Waals surface area contributed by atoms with Gasteiger partial charge in [0.05, 0.1) is 6.54 Å². The summed E-state index contributed by atoms with van der Waals surface area (Å²) in [7, 11) is 0. The van der Waals surface area contributed by atoms with Crippen molar-refractivity contribution in [3.63, 3.8) is 0 Å². The molecule has 0 saturated carbocycles. The third-order valence-corrected chi connectivity index (χ3v) is 3.00. The van der Waals surface area contributed by atoms with E-state index in [2.05, 4.69) is 15.5 Å². The summed E-state index contributed by atoms with van der Waals surface area (Å²) < 4.78 is 0. The third kappa shape index (κ3) is 3.54. The number of hydrogen-bond donors (Lipinski definition) is 2. The average Bonchev–Trinajstić information content (AvgIpc) is 2.33. The number of hydrogen-bond acceptors (Lipinski definition) is 3. The molecule has 0 spiro atoms. The Morgan fingerprint density at radius 1 is 1.35 bits per heavy atom. The minimum atomic E-state index is 0.0706. The van der Waals surface area contributed by atoms with Crippen LogP contribution in [0, 0.1) is 6.92 Å². The van der Waals surface area contributed by atoms with Gasteiger partial charge in [0.2, 0.25) is 5.91 Å². The predicted molar refractivity (Wildman–Crippen MR) is 69.1 cm³/mol. The van der Waals surface area contributed by atoms with Gasteiger partial charge >= 0.3 is 0 Å². The Morgan fingerprint density at radius 2 is 2.06 bits per heavy atom. The van der Waals surface area contributed by atoms with Gasteiger partial charge in [-0.3, -0.25) is 9.69 Å². The van der Waals surface area contributed by atoms with Crippen molar-refractivity contribution in [3.8, 4) is 0 Å². The Morgan fingerprint density at radius 3 is 2.76 bits per heavy atom. The van der Waals surface area contributed by atoms with Crippen LogP contribution in [0.1, 0.15) is 5.56 Å². The molecule has 1 heterocycles. The van der Waals surface area contributed by atoms with Gasteiger partial charge in [0.15, 0.2) is 0 Å². The van der Waals surface area contributed by atoms with Crippen LogP contribution in [-0.2, 0) is 4.79 Å². The lowest BCUT2D eigenvalue weighted by Crippen LogP contribution is -2.46. The van der Waals surface area contributed by atoms with Crippen LogP contribution in [0.25, 0.3) is 0 Å². The minimum Gasteiger partial charge on any atom is -0.325 e. The van der Waals surface area contributed by atoms with Gasteiger partial charge < -0.3 is 10.6 Å². The van der Waals surface area contributed by atoms with Gasteiger partial charge in [0.1, 0.15) is 0 Å². The standard InChI is InChI=1S/C13H19N3O/c1-11-4-2-3-5-12(11)15-13(17)10-16-8-6-14-7-9-16/h2-5,14H,6-10H2,1H3,(H,15,17).